The van der Waals surface area contributed by atoms with E-state index in [9.17, 15) is 22.6 Å². The summed E-state index contributed by atoms with van der Waals surface area (Å²) in [5.74, 6) is 4.41. The third-order valence-electron chi connectivity index (χ3n) is 8.34. The summed E-state index contributed by atoms with van der Waals surface area (Å²) in [5, 5.41) is 0. The molecular formula is C23H38O5S2. The fourth-order valence-electron chi connectivity index (χ4n) is 6.19. The van der Waals surface area contributed by atoms with Crippen LogP contribution in [0, 0.1) is 22.7 Å². The van der Waals surface area contributed by atoms with Crippen LogP contribution in [0.1, 0.15) is 84.5 Å². The van der Waals surface area contributed by atoms with Crippen LogP contribution >= 0.6 is 0 Å². The van der Waals surface area contributed by atoms with Crippen molar-refractivity contribution >= 4 is 32.6 Å². The van der Waals surface area contributed by atoms with Crippen molar-refractivity contribution in [3.8, 4) is 0 Å². The number of rotatable bonds is 5. The van der Waals surface area contributed by atoms with Gasteiger partial charge in [0.05, 0.1) is 15.9 Å². The van der Waals surface area contributed by atoms with Crippen LogP contribution in [0.25, 0.3) is 0 Å². The molecule has 4 aliphatic rings. The molecule has 1 heterocycles. The first-order valence-electron chi connectivity index (χ1n) is 11.7. The van der Waals surface area contributed by atoms with E-state index in [1.165, 1.54) is 62.9 Å². The maximum absolute atomic E-state index is 12.1. The molecule has 0 amide bonds. The summed E-state index contributed by atoms with van der Waals surface area (Å²) in [5.41, 5.74) is -1.22. The minimum absolute atomic E-state index is 0.0248. The summed E-state index contributed by atoms with van der Waals surface area (Å²) < 4.78 is 32.7. The molecule has 3 saturated carbocycles. The molecule has 1 aliphatic heterocycles. The van der Waals surface area contributed by atoms with Gasteiger partial charge in [-0.1, -0.05) is 33.1 Å². The van der Waals surface area contributed by atoms with Crippen LogP contribution in [0.3, 0.4) is 0 Å². The molecule has 7 heteroatoms. The van der Waals surface area contributed by atoms with Crippen molar-refractivity contribution < 1.29 is 22.6 Å². The van der Waals surface area contributed by atoms with E-state index in [-0.39, 0.29) is 17.1 Å². The number of fused-ring (bicyclic) bond motifs is 2. The Balaban J connectivity index is 0.000000171. The maximum Gasteiger partial charge on any atom is 0.184 e. The summed E-state index contributed by atoms with van der Waals surface area (Å²) in [6, 6.07) is 0. The standard InChI is InChI=1S/C13H23OS.C10H16O4S/c14-13(12-7-3-1-4-8-12)11-15-9-5-2-6-10-15;1-9(2)7-3-4-10(9,8(11)5-7)6-15(12,13)14/h12H,1-11H2;7H,3-6H2,1-2H3,(H,12,13,14)/q+1;/p-1. The number of carbonyl (C=O) groups is 2. The first kappa shape index (κ1) is 24.2. The number of hydrogen-bond donors (Lipinski definition) is 0. The SMILES string of the molecule is CC1(C)C2CCC1(CS(=O)(=O)[O-])C(=O)C2.O=C(C[S+]1CCCCC1)C1CCCCC1. The van der Waals surface area contributed by atoms with E-state index >= 15 is 0 Å². The average molecular weight is 459 g/mol. The van der Waals surface area contributed by atoms with E-state index in [0.717, 1.165) is 12.2 Å². The summed E-state index contributed by atoms with van der Waals surface area (Å²) in [6.07, 6.45) is 12.4. The molecule has 1 saturated heterocycles. The quantitative estimate of drug-likeness (QED) is 0.461. The smallest absolute Gasteiger partial charge is 0.184 e. The summed E-state index contributed by atoms with van der Waals surface area (Å²) in [7, 11) is -3.85. The molecule has 2 atom stereocenters. The highest BCUT2D eigenvalue weighted by Crippen LogP contribution is 2.64. The Morgan fingerprint density at radius 3 is 2.13 bits per heavy atom. The fraction of sp³-hybridized carbons (Fsp3) is 0.913. The molecule has 0 spiro atoms. The first-order chi connectivity index (χ1) is 14.1. The van der Waals surface area contributed by atoms with Crippen LogP contribution in [-0.2, 0) is 30.6 Å². The maximum atomic E-state index is 12.1. The zero-order valence-corrected chi connectivity index (χ0v) is 20.3. The van der Waals surface area contributed by atoms with Gasteiger partial charge in [0.15, 0.2) is 11.5 Å². The van der Waals surface area contributed by atoms with Crippen LogP contribution in [-0.4, -0.2) is 47.5 Å². The van der Waals surface area contributed by atoms with Crippen LogP contribution < -0.4 is 0 Å². The molecule has 0 aromatic carbocycles. The van der Waals surface area contributed by atoms with Gasteiger partial charge in [0.1, 0.15) is 17.3 Å². The second-order valence-electron chi connectivity index (χ2n) is 10.4. The van der Waals surface area contributed by atoms with Gasteiger partial charge in [-0.05, 0) is 67.2 Å². The minimum atomic E-state index is -4.33. The zero-order chi connectivity index (χ0) is 22.0. The lowest BCUT2D eigenvalue weighted by molar-refractivity contribution is -0.128. The highest BCUT2D eigenvalue weighted by atomic mass is 32.2. The van der Waals surface area contributed by atoms with Crippen LogP contribution in [0.4, 0.5) is 0 Å². The Morgan fingerprint density at radius 2 is 1.63 bits per heavy atom. The second kappa shape index (κ2) is 9.62. The molecule has 2 unspecified atom stereocenters. The topological polar surface area (TPSA) is 91.3 Å². The summed E-state index contributed by atoms with van der Waals surface area (Å²) in [4.78, 5) is 23.9. The van der Waals surface area contributed by atoms with Gasteiger partial charge in [-0.2, -0.15) is 0 Å². The largest absolute Gasteiger partial charge is 0.748 e. The third-order valence-corrected chi connectivity index (χ3v) is 11.6. The monoisotopic (exact) mass is 458 g/mol. The highest BCUT2D eigenvalue weighted by molar-refractivity contribution is 7.97. The molecule has 4 fully saturated rings. The molecule has 0 N–H and O–H groups in total. The van der Waals surface area contributed by atoms with E-state index in [4.69, 9.17) is 0 Å². The van der Waals surface area contributed by atoms with Gasteiger partial charge >= 0.3 is 0 Å². The lowest BCUT2D eigenvalue weighted by atomic mass is 9.70. The van der Waals surface area contributed by atoms with Crippen molar-refractivity contribution in [1.29, 1.82) is 0 Å². The Bertz CT molecular complexity index is 733. The van der Waals surface area contributed by atoms with Crippen molar-refractivity contribution in [2.45, 2.75) is 84.5 Å². The fourth-order valence-corrected chi connectivity index (χ4v) is 9.83. The van der Waals surface area contributed by atoms with Gasteiger partial charge < -0.3 is 4.55 Å². The number of Topliss-reactive ketones (excluding diaryl/α,β-unsaturated/α-hetero) is 2. The number of ketones is 2. The van der Waals surface area contributed by atoms with Gasteiger partial charge in [-0.3, -0.25) is 9.59 Å². The molecule has 4 rings (SSSR count). The second-order valence-corrected chi connectivity index (χ2v) is 14.1. The molecule has 30 heavy (non-hydrogen) atoms. The van der Waals surface area contributed by atoms with Gasteiger partial charge in [-0.25, -0.2) is 8.42 Å². The van der Waals surface area contributed by atoms with E-state index in [1.54, 1.807) is 0 Å². The van der Waals surface area contributed by atoms with Gasteiger partial charge in [0, 0.05) is 17.8 Å². The Morgan fingerprint density at radius 1 is 1.03 bits per heavy atom. The lowest BCUT2D eigenvalue weighted by Gasteiger charge is -2.37. The van der Waals surface area contributed by atoms with Crippen molar-refractivity contribution in [2.24, 2.45) is 22.7 Å². The van der Waals surface area contributed by atoms with Crippen molar-refractivity contribution in [3.05, 3.63) is 0 Å². The molecule has 5 nitrogen and oxygen atoms in total. The Kier molecular flexibility index (Phi) is 7.77. The minimum Gasteiger partial charge on any atom is -0.748 e. The van der Waals surface area contributed by atoms with Gasteiger partial charge in [0.25, 0.3) is 0 Å². The Labute approximate surface area is 185 Å². The normalized spacial score (nSPS) is 32.0. The first-order valence-corrected chi connectivity index (χ1v) is 15.0. The average Bonchev–Trinajstić information content (AvgIpc) is 3.03. The molecule has 172 valence electrons. The van der Waals surface area contributed by atoms with E-state index in [0.29, 0.717) is 35.4 Å². The predicted molar refractivity (Wildman–Crippen MR) is 121 cm³/mol. The van der Waals surface area contributed by atoms with E-state index < -0.39 is 21.3 Å². The van der Waals surface area contributed by atoms with Crippen LogP contribution in [0.2, 0.25) is 0 Å². The lowest BCUT2D eigenvalue weighted by Crippen LogP contribution is -2.42. The van der Waals surface area contributed by atoms with Gasteiger partial charge in [0.2, 0.25) is 0 Å². The molecule has 0 aromatic rings. The summed E-state index contributed by atoms with van der Waals surface area (Å²) in [6.45, 7) is 3.83. The third kappa shape index (κ3) is 5.32. The number of carbonyl (C=O) groups excluding carboxylic acids is 2. The molecule has 0 aromatic heterocycles. The highest BCUT2D eigenvalue weighted by Gasteiger charge is 2.64. The molecule has 3 aliphatic carbocycles. The van der Waals surface area contributed by atoms with Crippen molar-refractivity contribution in [2.75, 3.05) is 23.0 Å². The van der Waals surface area contributed by atoms with Gasteiger partial charge in [-0.15, -0.1) is 0 Å². The zero-order valence-electron chi connectivity index (χ0n) is 18.6. The summed E-state index contributed by atoms with van der Waals surface area (Å²) >= 11 is 0. The Hall–Kier alpha value is -0.400. The number of hydrogen-bond acceptors (Lipinski definition) is 5. The van der Waals surface area contributed by atoms with Crippen molar-refractivity contribution in [3.63, 3.8) is 0 Å². The van der Waals surface area contributed by atoms with Crippen molar-refractivity contribution in [1.82, 2.24) is 0 Å². The van der Waals surface area contributed by atoms with E-state index in [2.05, 4.69) is 0 Å². The molecule has 2 bridgehead atoms. The predicted octanol–water partition coefficient (Wildman–Crippen LogP) is 3.87. The molecular weight excluding hydrogens is 420 g/mol. The van der Waals surface area contributed by atoms with E-state index in [1.807, 2.05) is 13.8 Å². The van der Waals surface area contributed by atoms with Crippen LogP contribution in [0.15, 0.2) is 0 Å². The molecule has 0 radical (unpaired) electrons. The van der Waals surface area contributed by atoms with Crippen LogP contribution in [0.5, 0.6) is 0 Å².